The molecular formula is C17H21FN2O. The molecule has 4 heteroatoms. The lowest BCUT2D eigenvalue weighted by molar-refractivity contribution is 0.303. The zero-order valence-corrected chi connectivity index (χ0v) is 12.7. The molecule has 0 radical (unpaired) electrons. The van der Waals surface area contributed by atoms with Gasteiger partial charge >= 0.3 is 0 Å². The van der Waals surface area contributed by atoms with Crippen molar-refractivity contribution in [2.24, 2.45) is 0 Å². The molecule has 0 aliphatic carbocycles. The first-order valence-electron chi connectivity index (χ1n) is 7.11. The summed E-state index contributed by atoms with van der Waals surface area (Å²) in [6.45, 7) is 7.23. The summed E-state index contributed by atoms with van der Waals surface area (Å²) >= 11 is 0. The lowest BCUT2D eigenvalue weighted by Gasteiger charge is -2.10. The topological polar surface area (TPSA) is 34.1 Å². The fraction of sp³-hybridized carbons (Fsp3) is 0.353. The predicted octanol–water partition coefficient (Wildman–Crippen LogP) is 3.61. The van der Waals surface area contributed by atoms with Crippen molar-refractivity contribution in [2.45, 2.75) is 40.0 Å². The SMILES string of the molecule is Cc1cc(F)ccc1COc1ccc(CNC(C)C)nc1. The molecule has 21 heavy (non-hydrogen) atoms. The quantitative estimate of drug-likeness (QED) is 0.881. The largest absolute Gasteiger partial charge is 0.487 e. The van der Waals surface area contributed by atoms with Gasteiger partial charge in [0, 0.05) is 12.6 Å². The molecule has 0 aliphatic heterocycles. The van der Waals surface area contributed by atoms with Crippen molar-refractivity contribution in [1.82, 2.24) is 10.3 Å². The molecule has 0 saturated heterocycles. The molecule has 0 unspecified atom stereocenters. The molecule has 3 nitrogen and oxygen atoms in total. The first kappa shape index (κ1) is 15.4. The van der Waals surface area contributed by atoms with Gasteiger partial charge < -0.3 is 10.1 Å². The van der Waals surface area contributed by atoms with Gasteiger partial charge in [0.25, 0.3) is 0 Å². The first-order valence-corrected chi connectivity index (χ1v) is 7.11. The molecule has 0 spiro atoms. The molecule has 1 aromatic heterocycles. The van der Waals surface area contributed by atoms with Crippen LogP contribution in [0.15, 0.2) is 36.5 Å². The molecule has 0 fully saturated rings. The van der Waals surface area contributed by atoms with Gasteiger partial charge in [-0.25, -0.2) is 4.39 Å². The van der Waals surface area contributed by atoms with E-state index in [2.05, 4.69) is 24.1 Å². The Kier molecular flexibility index (Phi) is 5.28. The van der Waals surface area contributed by atoms with Crippen LogP contribution >= 0.6 is 0 Å². The van der Waals surface area contributed by atoms with Crippen molar-refractivity contribution in [2.75, 3.05) is 0 Å². The van der Waals surface area contributed by atoms with Gasteiger partial charge in [-0.1, -0.05) is 19.9 Å². The van der Waals surface area contributed by atoms with E-state index in [1.165, 1.54) is 12.1 Å². The summed E-state index contributed by atoms with van der Waals surface area (Å²) in [6.07, 6.45) is 1.72. The Labute approximate surface area is 125 Å². The monoisotopic (exact) mass is 288 g/mol. The van der Waals surface area contributed by atoms with Crippen molar-refractivity contribution < 1.29 is 9.13 Å². The molecule has 0 saturated carbocycles. The molecule has 0 aliphatic rings. The van der Waals surface area contributed by atoms with Crippen molar-refractivity contribution in [3.8, 4) is 5.75 Å². The number of hydrogen-bond acceptors (Lipinski definition) is 3. The highest BCUT2D eigenvalue weighted by Gasteiger charge is 2.02. The van der Waals surface area contributed by atoms with Crippen LogP contribution in [0.2, 0.25) is 0 Å². The second-order valence-electron chi connectivity index (χ2n) is 5.38. The van der Waals surface area contributed by atoms with Crippen molar-refractivity contribution >= 4 is 0 Å². The Morgan fingerprint density at radius 2 is 2.05 bits per heavy atom. The van der Waals surface area contributed by atoms with Crippen molar-refractivity contribution in [1.29, 1.82) is 0 Å². The minimum atomic E-state index is -0.222. The average Bonchev–Trinajstić information content (AvgIpc) is 2.45. The second kappa shape index (κ2) is 7.18. The number of benzene rings is 1. The molecule has 1 N–H and O–H groups in total. The highest BCUT2D eigenvalue weighted by Crippen LogP contribution is 2.15. The van der Waals surface area contributed by atoms with Crippen LogP contribution in [0.25, 0.3) is 0 Å². The smallest absolute Gasteiger partial charge is 0.138 e. The van der Waals surface area contributed by atoms with Crippen LogP contribution in [0.3, 0.4) is 0 Å². The number of rotatable bonds is 6. The summed E-state index contributed by atoms with van der Waals surface area (Å²) < 4.78 is 18.7. The molecule has 0 amide bonds. The maximum Gasteiger partial charge on any atom is 0.138 e. The highest BCUT2D eigenvalue weighted by atomic mass is 19.1. The highest BCUT2D eigenvalue weighted by molar-refractivity contribution is 5.27. The van der Waals surface area contributed by atoms with E-state index in [4.69, 9.17) is 4.74 Å². The van der Waals surface area contributed by atoms with E-state index in [1.54, 1.807) is 12.3 Å². The van der Waals surface area contributed by atoms with E-state index in [9.17, 15) is 4.39 Å². The molecule has 2 aromatic rings. The fourth-order valence-corrected chi connectivity index (χ4v) is 1.89. The summed E-state index contributed by atoms with van der Waals surface area (Å²) in [5, 5.41) is 3.31. The van der Waals surface area contributed by atoms with E-state index >= 15 is 0 Å². The lowest BCUT2D eigenvalue weighted by atomic mass is 10.1. The minimum absolute atomic E-state index is 0.222. The van der Waals surface area contributed by atoms with Crippen molar-refractivity contribution in [3.63, 3.8) is 0 Å². The summed E-state index contributed by atoms with van der Waals surface area (Å²) in [7, 11) is 0. The van der Waals surface area contributed by atoms with Crippen LogP contribution < -0.4 is 10.1 Å². The van der Waals surface area contributed by atoms with Gasteiger partial charge in [-0.15, -0.1) is 0 Å². The van der Waals surface area contributed by atoms with Crippen LogP contribution in [-0.2, 0) is 13.2 Å². The zero-order chi connectivity index (χ0) is 15.2. The van der Waals surface area contributed by atoms with Gasteiger partial charge in [-0.3, -0.25) is 4.98 Å². The Hall–Kier alpha value is -1.94. The number of ether oxygens (including phenoxy) is 1. The zero-order valence-electron chi connectivity index (χ0n) is 12.7. The van der Waals surface area contributed by atoms with Gasteiger partial charge in [0.05, 0.1) is 11.9 Å². The Bertz CT molecular complexity index is 582. The number of hydrogen-bond donors (Lipinski definition) is 1. The molecule has 112 valence electrons. The first-order chi connectivity index (χ1) is 10.0. The second-order valence-corrected chi connectivity index (χ2v) is 5.38. The molecule has 2 rings (SSSR count). The van der Waals surface area contributed by atoms with Gasteiger partial charge in [-0.05, 0) is 42.3 Å². The number of aryl methyl sites for hydroxylation is 1. The lowest BCUT2D eigenvalue weighted by Crippen LogP contribution is -2.22. The molecule has 0 bridgehead atoms. The van der Waals surface area contributed by atoms with Crippen LogP contribution in [-0.4, -0.2) is 11.0 Å². The minimum Gasteiger partial charge on any atom is -0.487 e. The molecular weight excluding hydrogens is 267 g/mol. The molecule has 0 atom stereocenters. The number of nitrogens with zero attached hydrogens (tertiary/aromatic N) is 1. The van der Waals surface area contributed by atoms with Crippen LogP contribution in [0.1, 0.15) is 30.7 Å². The number of aromatic nitrogens is 1. The fourth-order valence-electron chi connectivity index (χ4n) is 1.89. The Balaban J connectivity index is 1.91. The third-order valence-corrected chi connectivity index (χ3v) is 3.19. The summed E-state index contributed by atoms with van der Waals surface area (Å²) in [4.78, 5) is 4.35. The summed E-state index contributed by atoms with van der Waals surface area (Å²) in [6, 6.07) is 9.00. The van der Waals surface area contributed by atoms with Crippen molar-refractivity contribution in [3.05, 3.63) is 59.2 Å². The van der Waals surface area contributed by atoms with E-state index in [0.717, 1.165) is 23.4 Å². The standard InChI is InChI=1S/C17H21FN2O/c1-12(2)19-9-16-6-7-17(10-20-16)21-11-14-4-5-15(18)8-13(14)3/h4-8,10,12,19H,9,11H2,1-3H3. The maximum absolute atomic E-state index is 13.0. The van der Waals surface area contributed by atoms with E-state index < -0.39 is 0 Å². The van der Waals surface area contributed by atoms with E-state index in [1.807, 2.05) is 19.1 Å². The number of pyridine rings is 1. The molecule has 1 aromatic carbocycles. The normalized spacial score (nSPS) is 10.9. The van der Waals surface area contributed by atoms with Crippen LogP contribution in [0.5, 0.6) is 5.75 Å². The number of halogens is 1. The van der Waals surface area contributed by atoms with Gasteiger partial charge in [0.2, 0.25) is 0 Å². The maximum atomic E-state index is 13.0. The summed E-state index contributed by atoms with van der Waals surface area (Å²) in [5.41, 5.74) is 2.84. The third kappa shape index (κ3) is 4.83. The van der Waals surface area contributed by atoms with Gasteiger partial charge in [0.15, 0.2) is 0 Å². The molecule has 1 heterocycles. The van der Waals surface area contributed by atoms with Gasteiger partial charge in [0.1, 0.15) is 18.2 Å². The van der Waals surface area contributed by atoms with Crippen LogP contribution in [0.4, 0.5) is 4.39 Å². The summed E-state index contributed by atoms with van der Waals surface area (Å²) in [5.74, 6) is 0.493. The Morgan fingerprint density at radius 1 is 1.24 bits per heavy atom. The van der Waals surface area contributed by atoms with E-state index in [0.29, 0.717) is 18.4 Å². The number of nitrogens with one attached hydrogen (secondary N) is 1. The predicted molar refractivity (Wildman–Crippen MR) is 81.7 cm³/mol. The van der Waals surface area contributed by atoms with E-state index in [-0.39, 0.29) is 5.82 Å². The Morgan fingerprint density at radius 3 is 2.67 bits per heavy atom. The van der Waals surface area contributed by atoms with Gasteiger partial charge in [-0.2, -0.15) is 0 Å². The average molecular weight is 288 g/mol. The van der Waals surface area contributed by atoms with Crippen LogP contribution in [0, 0.1) is 12.7 Å². The third-order valence-electron chi connectivity index (χ3n) is 3.19.